The average molecular weight is 571 g/mol. The van der Waals surface area contributed by atoms with Crippen molar-refractivity contribution in [1.29, 1.82) is 0 Å². The maximum Gasteiger partial charge on any atom is 0.240 e. The summed E-state index contributed by atoms with van der Waals surface area (Å²) in [6, 6.07) is 9.84. The zero-order valence-electron chi connectivity index (χ0n) is 16.8. The Morgan fingerprint density at radius 2 is 2.03 bits per heavy atom. The van der Waals surface area contributed by atoms with Crippen molar-refractivity contribution in [2.45, 2.75) is 24.8 Å². The lowest BCUT2D eigenvalue weighted by molar-refractivity contribution is 0.105. The third-order valence-electron chi connectivity index (χ3n) is 3.70. The van der Waals surface area contributed by atoms with Gasteiger partial charge in [0.1, 0.15) is 12.4 Å². The van der Waals surface area contributed by atoms with Crippen LogP contribution in [0.4, 0.5) is 0 Å². The van der Waals surface area contributed by atoms with E-state index >= 15 is 0 Å². The van der Waals surface area contributed by atoms with Gasteiger partial charge in [-0.15, -0.1) is 24.0 Å². The smallest absolute Gasteiger partial charge is 0.240 e. The number of sulfonamides is 1. The predicted molar refractivity (Wildman–Crippen MR) is 129 cm³/mol. The molecule has 30 heavy (non-hydrogen) atoms. The second-order valence-corrected chi connectivity index (χ2v) is 8.23. The fraction of sp³-hybridized carbons (Fsp3) is 0.421. The first-order valence-electron chi connectivity index (χ1n) is 9.39. The van der Waals surface area contributed by atoms with E-state index in [-0.39, 0.29) is 35.4 Å². The van der Waals surface area contributed by atoms with Gasteiger partial charge in [-0.3, -0.25) is 4.99 Å². The van der Waals surface area contributed by atoms with Gasteiger partial charge in [0.2, 0.25) is 10.0 Å². The monoisotopic (exact) mass is 570 g/mol. The van der Waals surface area contributed by atoms with Crippen molar-refractivity contribution in [3.05, 3.63) is 53.4 Å². The van der Waals surface area contributed by atoms with Crippen molar-refractivity contribution in [2.24, 2.45) is 4.99 Å². The molecule has 0 radical (unpaired) electrons. The molecule has 1 aromatic carbocycles. The van der Waals surface area contributed by atoms with Gasteiger partial charge in [0.15, 0.2) is 5.96 Å². The van der Waals surface area contributed by atoms with Crippen molar-refractivity contribution in [1.82, 2.24) is 15.4 Å². The van der Waals surface area contributed by atoms with Gasteiger partial charge in [-0.2, -0.15) is 0 Å². The first-order valence-corrected chi connectivity index (χ1v) is 11.2. The molecule has 0 aliphatic heterocycles. The Labute approximate surface area is 199 Å². The molecular weight excluding hydrogens is 543 g/mol. The number of aliphatic imine (C=N–C) groups is 1. The van der Waals surface area contributed by atoms with Gasteiger partial charge >= 0.3 is 0 Å². The van der Waals surface area contributed by atoms with Crippen LogP contribution in [-0.4, -0.2) is 47.2 Å². The quantitative estimate of drug-likeness (QED) is 0.157. The van der Waals surface area contributed by atoms with E-state index in [1.54, 1.807) is 18.4 Å². The molecule has 0 saturated heterocycles. The number of nitrogens with zero attached hydrogens (tertiary/aromatic N) is 1. The number of nitrogens with one attached hydrogen (secondary N) is 3. The first kappa shape index (κ1) is 26.7. The van der Waals surface area contributed by atoms with Crippen molar-refractivity contribution in [3.8, 4) is 0 Å². The fourth-order valence-electron chi connectivity index (χ4n) is 2.35. The predicted octanol–water partition coefficient (Wildman–Crippen LogP) is 2.99. The molecule has 0 saturated carbocycles. The Balaban J connectivity index is 0.00000450. The van der Waals surface area contributed by atoms with Crippen LogP contribution >= 0.6 is 35.6 Å². The van der Waals surface area contributed by atoms with E-state index in [1.807, 2.05) is 19.1 Å². The Bertz CT molecular complexity index is 863. The second-order valence-electron chi connectivity index (χ2n) is 6.03. The van der Waals surface area contributed by atoms with Gasteiger partial charge in [-0.05, 0) is 43.7 Å². The minimum Gasteiger partial charge on any atom is -0.467 e. The maximum absolute atomic E-state index is 12.2. The highest BCUT2D eigenvalue weighted by Crippen LogP contribution is 2.14. The molecular formula is C19H28ClIN4O4S. The van der Waals surface area contributed by atoms with Crippen LogP contribution < -0.4 is 15.4 Å². The number of guanidine groups is 1. The summed E-state index contributed by atoms with van der Waals surface area (Å²) in [4.78, 5) is 4.59. The van der Waals surface area contributed by atoms with Gasteiger partial charge in [0, 0.05) is 37.8 Å². The highest BCUT2D eigenvalue weighted by Gasteiger charge is 2.13. The molecule has 0 aliphatic rings. The van der Waals surface area contributed by atoms with E-state index in [1.165, 1.54) is 12.1 Å². The van der Waals surface area contributed by atoms with E-state index in [4.69, 9.17) is 20.8 Å². The Morgan fingerprint density at radius 1 is 1.20 bits per heavy atom. The first-order chi connectivity index (χ1) is 14.0. The summed E-state index contributed by atoms with van der Waals surface area (Å²) in [6.07, 6.45) is 2.38. The van der Waals surface area contributed by atoms with Crippen LogP contribution in [0, 0.1) is 0 Å². The number of hydrogen-bond acceptors (Lipinski definition) is 5. The molecule has 2 rings (SSSR count). The van der Waals surface area contributed by atoms with E-state index in [0.717, 1.165) is 12.2 Å². The molecule has 0 aliphatic carbocycles. The summed E-state index contributed by atoms with van der Waals surface area (Å²) in [5.74, 6) is 1.42. The Morgan fingerprint density at radius 3 is 2.73 bits per heavy atom. The third-order valence-corrected chi connectivity index (χ3v) is 5.40. The molecule has 2 aromatic rings. The van der Waals surface area contributed by atoms with Crippen LogP contribution in [0.25, 0.3) is 0 Å². The standard InChI is InChI=1S/C19H27ClN4O4S.HI/c1-2-21-19(22-9-5-12-27-15-17-7-4-13-28-17)23-10-11-24-29(25,26)18-8-3-6-16(20)14-18;/h3-4,6-8,13-14,24H,2,5,9-12,15H2,1H3,(H2,21,22,23);1H. The van der Waals surface area contributed by atoms with Crippen molar-refractivity contribution < 1.29 is 17.6 Å². The number of furan rings is 1. The van der Waals surface area contributed by atoms with Gasteiger partial charge in [0.05, 0.1) is 11.2 Å². The molecule has 168 valence electrons. The minimum absolute atomic E-state index is 0. The molecule has 0 atom stereocenters. The summed E-state index contributed by atoms with van der Waals surface area (Å²) in [5, 5.41) is 6.60. The fourth-order valence-corrected chi connectivity index (χ4v) is 3.68. The van der Waals surface area contributed by atoms with Crippen molar-refractivity contribution in [3.63, 3.8) is 0 Å². The maximum atomic E-state index is 12.2. The highest BCUT2D eigenvalue weighted by atomic mass is 127. The minimum atomic E-state index is -3.60. The zero-order valence-corrected chi connectivity index (χ0v) is 20.7. The third kappa shape index (κ3) is 10.1. The lowest BCUT2D eigenvalue weighted by Crippen LogP contribution is -2.41. The van der Waals surface area contributed by atoms with Crippen molar-refractivity contribution in [2.75, 3.05) is 32.8 Å². The van der Waals surface area contributed by atoms with Crippen LogP contribution in [0.2, 0.25) is 5.02 Å². The second kappa shape index (κ2) is 14.6. The normalized spacial score (nSPS) is 11.7. The molecule has 0 spiro atoms. The molecule has 3 N–H and O–H groups in total. The van der Waals surface area contributed by atoms with E-state index < -0.39 is 10.0 Å². The lowest BCUT2D eigenvalue weighted by atomic mass is 10.4. The summed E-state index contributed by atoms with van der Waals surface area (Å²) >= 11 is 5.85. The van der Waals surface area contributed by atoms with E-state index in [9.17, 15) is 8.42 Å². The molecule has 0 bridgehead atoms. The number of hydrogen-bond donors (Lipinski definition) is 3. The molecule has 1 aromatic heterocycles. The zero-order chi connectivity index (χ0) is 21.0. The molecule has 0 fully saturated rings. The summed E-state index contributed by atoms with van der Waals surface area (Å²) in [5.41, 5.74) is 0. The average Bonchev–Trinajstić information content (AvgIpc) is 3.21. The molecule has 11 heteroatoms. The number of ether oxygens (including phenoxy) is 1. The summed E-state index contributed by atoms with van der Waals surface area (Å²) in [6.45, 7) is 4.87. The van der Waals surface area contributed by atoms with E-state index in [0.29, 0.717) is 43.8 Å². The van der Waals surface area contributed by atoms with Gasteiger partial charge < -0.3 is 19.8 Å². The van der Waals surface area contributed by atoms with Crippen LogP contribution in [0.15, 0.2) is 57.0 Å². The van der Waals surface area contributed by atoms with Gasteiger partial charge in [0.25, 0.3) is 0 Å². The largest absolute Gasteiger partial charge is 0.467 e. The number of halogens is 2. The molecule has 1 heterocycles. The van der Waals surface area contributed by atoms with Crippen LogP contribution in [0.1, 0.15) is 19.1 Å². The highest BCUT2D eigenvalue weighted by molar-refractivity contribution is 14.0. The van der Waals surface area contributed by atoms with Crippen molar-refractivity contribution >= 4 is 51.6 Å². The van der Waals surface area contributed by atoms with Gasteiger partial charge in [-0.25, -0.2) is 13.1 Å². The van der Waals surface area contributed by atoms with Gasteiger partial charge in [-0.1, -0.05) is 17.7 Å². The summed E-state index contributed by atoms with van der Waals surface area (Å²) < 4.78 is 37.7. The Kier molecular flexibility index (Phi) is 13.0. The number of benzene rings is 1. The Hall–Kier alpha value is -1.34. The van der Waals surface area contributed by atoms with E-state index in [2.05, 4.69) is 20.3 Å². The molecule has 0 amide bonds. The lowest BCUT2D eigenvalue weighted by Gasteiger charge is -2.12. The topological polar surface area (TPSA) is 105 Å². The molecule has 8 nitrogen and oxygen atoms in total. The SMILES string of the molecule is CCNC(=NCCCOCc1ccco1)NCCNS(=O)(=O)c1cccc(Cl)c1.I. The van der Waals surface area contributed by atoms with Crippen LogP contribution in [-0.2, 0) is 21.4 Å². The number of rotatable bonds is 12. The van der Waals surface area contributed by atoms with Crippen LogP contribution in [0.3, 0.4) is 0 Å². The summed E-state index contributed by atoms with van der Waals surface area (Å²) in [7, 11) is -3.60. The van der Waals surface area contributed by atoms with Crippen LogP contribution in [0.5, 0.6) is 0 Å². The molecule has 0 unspecified atom stereocenters.